The first kappa shape index (κ1) is 18.7. The van der Waals surface area contributed by atoms with Gasteiger partial charge in [-0.15, -0.1) is 0 Å². The third kappa shape index (κ3) is 3.32. The van der Waals surface area contributed by atoms with E-state index >= 15 is 0 Å². The standard InChI is InChI=1S/C20H15F4NO2/c1-11-9-15(19(26)27)12(2)25(11)18-8-7-13(10-16(18)20(22,23)24)14-5-3-4-6-17(14)21/h3-10H,1-2H3,(H,26,27). The molecule has 27 heavy (non-hydrogen) atoms. The quantitative estimate of drug-likeness (QED) is 0.602. The lowest BCUT2D eigenvalue weighted by atomic mass is 10.0. The van der Waals surface area contributed by atoms with Crippen LogP contribution in [-0.2, 0) is 6.18 Å². The maximum Gasteiger partial charge on any atom is 0.418 e. The van der Waals surface area contributed by atoms with E-state index in [2.05, 4.69) is 0 Å². The number of aryl methyl sites for hydroxylation is 1. The van der Waals surface area contributed by atoms with E-state index in [9.17, 15) is 27.5 Å². The zero-order chi connectivity index (χ0) is 19.9. The molecule has 1 N–H and O–H groups in total. The van der Waals surface area contributed by atoms with Gasteiger partial charge in [-0.3, -0.25) is 0 Å². The van der Waals surface area contributed by atoms with Crippen molar-refractivity contribution in [2.75, 3.05) is 0 Å². The van der Waals surface area contributed by atoms with Gasteiger partial charge in [0.25, 0.3) is 0 Å². The number of rotatable bonds is 3. The molecule has 2 aromatic carbocycles. The molecule has 3 rings (SSSR count). The average molecular weight is 377 g/mol. The van der Waals surface area contributed by atoms with E-state index in [4.69, 9.17) is 0 Å². The van der Waals surface area contributed by atoms with Crippen LogP contribution in [0.4, 0.5) is 17.6 Å². The fourth-order valence-electron chi connectivity index (χ4n) is 3.17. The van der Waals surface area contributed by atoms with Gasteiger partial charge in [0.2, 0.25) is 0 Å². The first-order chi connectivity index (χ1) is 12.6. The van der Waals surface area contributed by atoms with Crippen molar-refractivity contribution < 1.29 is 27.5 Å². The minimum Gasteiger partial charge on any atom is -0.478 e. The van der Waals surface area contributed by atoms with Crippen LogP contribution in [0.5, 0.6) is 0 Å². The molecule has 3 aromatic rings. The zero-order valence-corrected chi connectivity index (χ0v) is 14.4. The highest BCUT2D eigenvalue weighted by atomic mass is 19.4. The second kappa shape index (κ2) is 6.57. The topological polar surface area (TPSA) is 42.2 Å². The third-order valence-electron chi connectivity index (χ3n) is 4.39. The molecule has 0 atom stereocenters. The molecule has 0 spiro atoms. The predicted octanol–water partition coefficient (Wildman–Crippen LogP) is 5.62. The van der Waals surface area contributed by atoms with Crippen molar-refractivity contribution in [2.45, 2.75) is 20.0 Å². The second-order valence-electron chi connectivity index (χ2n) is 6.13. The molecule has 1 heterocycles. The summed E-state index contributed by atoms with van der Waals surface area (Å²) in [6, 6.07) is 10.4. The molecule has 0 aliphatic carbocycles. The Morgan fingerprint density at radius 2 is 1.70 bits per heavy atom. The summed E-state index contributed by atoms with van der Waals surface area (Å²) in [4.78, 5) is 11.3. The molecule has 140 valence electrons. The zero-order valence-electron chi connectivity index (χ0n) is 14.4. The van der Waals surface area contributed by atoms with Gasteiger partial charge in [-0.05, 0) is 43.7 Å². The van der Waals surface area contributed by atoms with E-state index in [-0.39, 0.29) is 28.1 Å². The average Bonchev–Trinajstić information content (AvgIpc) is 2.89. The van der Waals surface area contributed by atoms with E-state index in [0.29, 0.717) is 5.69 Å². The molecule has 0 aliphatic heterocycles. The highest BCUT2D eigenvalue weighted by molar-refractivity contribution is 5.89. The molecule has 0 aliphatic rings. The number of hydrogen-bond acceptors (Lipinski definition) is 1. The molecule has 0 radical (unpaired) electrons. The predicted molar refractivity (Wildman–Crippen MR) is 92.6 cm³/mol. The van der Waals surface area contributed by atoms with Crippen LogP contribution in [0.2, 0.25) is 0 Å². The molecular weight excluding hydrogens is 362 g/mol. The normalized spacial score (nSPS) is 11.6. The van der Waals surface area contributed by atoms with Gasteiger partial charge in [-0.25, -0.2) is 9.18 Å². The Morgan fingerprint density at radius 1 is 1.04 bits per heavy atom. The summed E-state index contributed by atoms with van der Waals surface area (Å²) in [5, 5.41) is 9.23. The lowest BCUT2D eigenvalue weighted by Gasteiger charge is -2.18. The highest BCUT2D eigenvalue weighted by Crippen LogP contribution is 2.38. The SMILES string of the molecule is Cc1cc(C(=O)O)c(C)n1-c1ccc(-c2ccccc2F)cc1C(F)(F)F. The number of carboxylic acids is 1. The summed E-state index contributed by atoms with van der Waals surface area (Å²) in [6.45, 7) is 2.98. The minimum absolute atomic E-state index is 0.0572. The number of aromatic carboxylic acids is 1. The van der Waals surface area contributed by atoms with Crippen LogP contribution in [-0.4, -0.2) is 15.6 Å². The van der Waals surface area contributed by atoms with E-state index < -0.39 is 23.5 Å². The summed E-state index contributed by atoms with van der Waals surface area (Å²) in [5.74, 6) is -1.84. The Kier molecular flexibility index (Phi) is 4.55. The molecule has 0 saturated carbocycles. The highest BCUT2D eigenvalue weighted by Gasteiger charge is 2.35. The van der Waals surface area contributed by atoms with Gasteiger partial charge >= 0.3 is 12.1 Å². The van der Waals surface area contributed by atoms with Crippen molar-refractivity contribution in [1.29, 1.82) is 0 Å². The molecule has 1 aromatic heterocycles. The number of alkyl halides is 3. The molecule has 7 heteroatoms. The largest absolute Gasteiger partial charge is 0.478 e. The summed E-state index contributed by atoms with van der Waals surface area (Å²) in [6.07, 6.45) is -4.71. The van der Waals surface area contributed by atoms with Gasteiger partial charge in [0.05, 0.1) is 16.8 Å². The van der Waals surface area contributed by atoms with Gasteiger partial charge in [-0.1, -0.05) is 24.3 Å². The second-order valence-corrected chi connectivity index (χ2v) is 6.13. The van der Waals surface area contributed by atoms with Crippen molar-refractivity contribution in [3.8, 4) is 16.8 Å². The number of benzene rings is 2. The molecule has 0 amide bonds. The molecular formula is C20H15F4NO2. The lowest BCUT2D eigenvalue weighted by Crippen LogP contribution is -2.13. The molecule has 0 saturated heterocycles. The number of halogens is 4. The van der Waals surface area contributed by atoms with Gasteiger partial charge in [0.1, 0.15) is 5.82 Å². The maximum atomic E-state index is 14.0. The van der Waals surface area contributed by atoms with Crippen LogP contribution in [0.25, 0.3) is 16.8 Å². The Balaban J connectivity index is 2.27. The van der Waals surface area contributed by atoms with Crippen LogP contribution in [0, 0.1) is 19.7 Å². The van der Waals surface area contributed by atoms with Crippen molar-refractivity contribution in [2.24, 2.45) is 0 Å². The number of nitrogens with zero attached hydrogens (tertiary/aromatic N) is 1. The lowest BCUT2D eigenvalue weighted by molar-refractivity contribution is -0.137. The number of hydrogen-bond donors (Lipinski definition) is 1. The van der Waals surface area contributed by atoms with Gasteiger partial charge in [0, 0.05) is 17.0 Å². The Labute approximate surface area is 152 Å². The smallest absolute Gasteiger partial charge is 0.418 e. The van der Waals surface area contributed by atoms with Crippen LogP contribution < -0.4 is 0 Å². The van der Waals surface area contributed by atoms with Crippen molar-refractivity contribution in [1.82, 2.24) is 4.57 Å². The first-order valence-corrected chi connectivity index (χ1v) is 8.00. The van der Waals surface area contributed by atoms with E-state index in [0.717, 1.165) is 6.07 Å². The van der Waals surface area contributed by atoms with Crippen LogP contribution in [0.3, 0.4) is 0 Å². The van der Waals surface area contributed by atoms with E-state index in [1.54, 1.807) is 6.07 Å². The fraction of sp³-hybridized carbons (Fsp3) is 0.150. The summed E-state index contributed by atoms with van der Waals surface area (Å²) in [7, 11) is 0. The number of carbonyl (C=O) groups is 1. The summed E-state index contributed by atoms with van der Waals surface area (Å²) < 4.78 is 56.5. The van der Waals surface area contributed by atoms with Gasteiger partial charge in [-0.2, -0.15) is 13.2 Å². The number of carboxylic acid groups (broad SMARTS) is 1. The molecule has 0 unspecified atom stereocenters. The van der Waals surface area contributed by atoms with Crippen molar-refractivity contribution >= 4 is 5.97 Å². The van der Waals surface area contributed by atoms with Crippen LogP contribution in [0.1, 0.15) is 27.3 Å². The summed E-state index contributed by atoms with van der Waals surface area (Å²) >= 11 is 0. The van der Waals surface area contributed by atoms with E-state index in [1.165, 1.54) is 54.8 Å². The Morgan fingerprint density at radius 3 is 2.26 bits per heavy atom. The number of aromatic nitrogens is 1. The fourth-order valence-corrected chi connectivity index (χ4v) is 3.17. The first-order valence-electron chi connectivity index (χ1n) is 8.00. The third-order valence-corrected chi connectivity index (χ3v) is 4.39. The summed E-state index contributed by atoms with van der Waals surface area (Å²) in [5.41, 5.74) is -0.559. The van der Waals surface area contributed by atoms with Crippen molar-refractivity contribution in [3.05, 3.63) is 76.9 Å². The van der Waals surface area contributed by atoms with Crippen LogP contribution in [0.15, 0.2) is 48.5 Å². The van der Waals surface area contributed by atoms with E-state index in [1.807, 2.05) is 0 Å². The van der Waals surface area contributed by atoms with Crippen LogP contribution >= 0.6 is 0 Å². The Hall–Kier alpha value is -3.09. The van der Waals surface area contributed by atoms with Gasteiger partial charge in [0.15, 0.2) is 0 Å². The molecule has 0 bridgehead atoms. The minimum atomic E-state index is -4.71. The molecule has 3 nitrogen and oxygen atoms in total. The molecule has 0 fully saturated rings. The van der Waals surface area contributed by atoms with Crippen molar-refractivity contribution in [3.63, 3.8) is 0 Å². The monoisotopic (exact) mass is 377 g/mol. The maximum absolute atomic E-state index is 14.0. The van der Waals surface area contributed by atoms with Gasteiger partial charge < -0.3 is 9.67 Å². The Bertz CT molecular complexity index is 1030.